The maximum Gasteiger partial charge on any atom is 0.344 e. The fourth-order valence-corrected chi connectivity index (χ4v) is 1.21. The number of hydrogen-bond donors (Lipinski definition) is 0. The summed E-state index contributed by atoms with van der Waals surface area (Å²) in [5.41, 5.74) is 0. The smallest absolute Gasteiger partial charge is 0.344 e. The molecule has 0 aliphatic rings. The van der Waals surface area contributed by atoms with E-state index in [1.54, 1.807) is 39.3 Å². The first-order chi connectivity index (χ1) is 8.19. The number of ether oxygens (including phenoxy) is 4. The van der Waals surface area contributed by atoms with Crippen molar-refractivity contribution in [3.8, 4) is 17.2 Å². The van der Waals surface area contributed by atoms with E-state index in [4.69, 9.17) is 18.9 Å². The van der Waals surface area contributed by atoms with E-state index in [0.29, 0.717) is 23.9 Å². The van der Waals surface area contributed by atoms with Gasteiger partial charge in [0.1, 0.15) is 17.2 Å². The monoisotopic (exact) mass is 240 g/mol. The van der Waals surface area contributed by atoms with Crippen LogP contribution in [0.5, 0.6) is 17.2 Å². The van der Waals surface area contributed by atoms with Crippen molar-refractivity contribution in [1.82, 2.24) is 0 Å². The van der Waals surface area contributed by atoms with E-state index < -0.39 is 5.97 Å². The Morgan fingerprint density at radius 3 is 2.06 bits per heavy atom. The third-order valence-electron chi connectivity index (χ3n) is 1.99. The molecule has 0 heterocycles. The first-order valence-electron chi connectivity index (χ1n) is 5.21. The molecular weight excluding hydrogens is 224 g/mol. The molecule has 0 amide bonds. The number of benzene rings is 1. The zero-order valence-electron chi connectivity index (χ0n) is 10.2. The summed E-state index contributed by atoms with van der Waals surface area (Å²) in [5, 5.41) is 0. The zero-order valence-corrected chi connectivity index (χ0v) is 10.2. The highest BCUT2D eigenvalue weighted by atomic mass is 16.6. The molecule has 1 aromatic rings. The predicted octanol–water partition coefficient (Wildman–Crippen LogP) is 1.65. The number of hydrogen-bond acceptors (Lipinski definition) is 5. The van der Waals surface area contributed by atoms with Gasteiger partial charge in [-0.15, -0.1) is 0 Å². The Morgan fingerprint density at radius 2 is 1.59 bits per heavy atom. The third-order valence-corrected chi connectivity index (χ3v) is 1.99. The highest BCUT2D eigenvalue weighted by Gasteiger charge is 2.06. The van der Waals surface area contributed by atoms with Crippen molar-refractivity contribution >= 4 is 5.97 Å². The zero-order chi connectivity index (χ0) is 12.7. The standard InChI is InChI=1S/C12H16O5/c1-4-16-12(13)8-17-11-6-9(14-2)5-10(7-11)15-3/h5-7H,4,8H2,1-3H3. The predicted molar refractivity (Wildman–Crippen MR) is 61.7 cm³/mol. The molecule has 5 nitrogen and oxygen atoms in total. The normalized spacial score (nSPS) is 9.59. The summed E-state index contributed by atoms with van der Waals surface area (Å²) in [7, 11) is 3.09. The summed E-state index contributed by atoms with van der Waals surface area (Å²) in [6.07, 6.45) is 0. The van der Waals surface area contributed by atoms with Crippen LogP contribution in [0, 0.1) is 0 Å². The van der Waals surface area contributed by atoms with Crippen molar-refractivity contribution in [3.63, 3.8) is 0 Å². The van der Waals surface area contributed by atoms with Crippen molar-refractivity contribution in [3.05, 3.63) is 18.2 Å². The number of carbonyl (C=O) groups excluding carboxylic acids is 1. The van der Waals surface area contributed by atoms with E-state index in [0.717, 1.165) is 0 Å². The van der Waals surface area contributed by atoms with Crippen molar-refractivity contribution in [2.24, 2.45) is 0 Å². The van der Waals surface area contributed by atoms with Gasteiger partial charge in [-0.3, -0.25) is 0 Å². The number of methoxy groups -OCH3 is 2. The minimum atomic E-state index is -0.408. The van der Waals surface area contributed by atoms with Crippen molar-refractivity contribution in [2.75, 3.05) is 27.4 Å². The molecule has 1 aromatic carbocycles. The molecule has 5 heteroatoms. The molecule has 0 saturated carbocycles. The minimum absolute atomic E-state index is 0.135. The second kappa shape index (κ2) is 6.62. The Bertz CT molecular complexity index is 353. The fourth-order valence-electron chi connectivity index (χ4n) is 1.21. The Morgan fingerprint density at radius 1 is 1.06 bits per heavy atom. The quantitative estimate of drug-likeness (QED) is 0.707. The maximum atomic E-state index is 11.1. The molecule has 1 rings (SSSR count). The second-order valence-electron chi connectivity index (χ2n) is 3.14. The molecule has 0 saturated heterocycles. The lowest BCUT2D eigenvalue weighted by Gasteiger charge is -2.09. The van der Waals surface area contributed by atoms with Crippen LogP contribution in [0.1, 0.15) is 6.92 Å². The summed E-state index contributed by atoms with van der Waals surface area (Å²) in [6.45, 7) is 1.94. The molecule has 0 spiro atoms. The van der Waals surface area contributed by atoms with Crippen LogP contribution < -0.4 is 14.2 Å². The molecule has 0 N–H and O–H groups in total. The summed E-state index contributed by atoms with van der Waals surface area (Å²) in [6, 6.07) is 5.06. The Labute approximate surface area is 100 Å². The van der Waals surface area contributed by atoms with Gasteiger partial charge in [-0.2, -0.15) is 0 Å². The molecule has 17 heavy (non-hydrogen) atoms. The van der Waals surface area contributed by atoms with Crippen LogP contribution in [0.25, 0.3) is 0 Å². The van der Waals surface area contributed by atoms with Crippen LogP contribution in [0.15, 0.2) is 18.2 Å². The molecule has 94 valence electrons. The topological polar surface area (TPSA) is 54.0 Å². The van der Waals surface area contributed by atoms with Crippen molar-refractivity contribution < 1.29 is 23.7 Å². The summed E-state index contributed by atoms with van der Waals surface area (Å²) in [4.78, 5) is 11.1. The average Bonchev–Trinajstić information content (AvgIpc) is 2.36. The number of rotatable bonds is 6. The van der Waals surface area contributed by atoms with Gasteiger partial charge in [0.05, 0.1) is 20.8 Å². The van der Waals surface area contributed by atoms with Crippen LogP contribution >= 0.6 is 0 Å². The third kappa shape index (κ3) is 4.22. The van der Waals surface area contributed by atoms with E-state index >= 15 is 0 Å². The van der Waals surface area contributed by atoms with Gasteiger partial charge in [0.2, 0.25) is 0 Å². The molecule has 0 fully saturated rings. The summed E-state index contributed by atoms with van der Waals surface area (Å²) in [5.74, 6) is 1.29. The number of esters is 1. The van der Waals surface area contributed by atoms with Gasteiger partial charge in [-0.25, -0.2) is 4.79 Å². The van der Waals surface area contributed by atoms with Gasteiger partial charge in [-0.05, 0) is 6.92 Å². The van der Waals surface area contributed by atoms with E-state index in [1.165, 1.54) is 0 Å². The molecule has 0 unspecified atom stereocenters. The minimum Gasteiger partial charge on any atom is -0.496 e. The first kappa shape index (κ1) is 13.2. The SMILES string of the molecule is CCOC(=O)COc1cc(OC)cc(OC)c1. The summed E-state index contributed by atoms with van der Waals surface area (Å²) < 4.78 is 20.2. The van der Waals surface area contributed by atoms with Crippen LogP contribution in [0.2, 0.25) is 0 Å². The fraction of sp³-hybridized carbons (Fsp3) is 0.417. The highest BCUT2D eigenvalue weighted by Crippen LogP contribution is 2.27. The highest BCUT2D eigenvalue weighted by molar-refractivity contribution is 5.71. The van der Waals surface area contributed by atoms with E-state index in [-0.39, 0.29) is 6.61 Å². The molecular formula is C12H16O5. The van der Waals surface area contributed by atoms with Gasteiger partial charge in [0.15, 0.2) is 6.61 Å². The van der Waals surface area contributed by atoms with Crippen LogP contribution in [-0.4, -0.2) is 33.4 Å². The van der Waals surface area contributed by atoms with Crippen LogP contribution in [-0.2, 0) is 9.53 Å². The summed E-state index contributed by atoms with van der Waals surface area (Å²) >= 11 is 0. The Kier molecular flexibility index (Phi) is 5.13. The first-order valence-corrected chi connectivity index (χ1v) is 5.21. The molecule has 0 aromatic heterocycles. The largest absolute Gasteiger partial charge is 0.496 e. The molecule has 0 aliphatic carbocycles. The van der Waals surface area contributed by atoms with Crippen LogP contribution in [0.3, 0.4) is 0 Å². The Balaban J connectivity index is 2.66. The lowest BCUT2D eigenvalue weighted by atomic mass is 10.3. The molecule has 0 atom stereocenters. The van der Waals surface area contributed by atoms with Gasteiger partial charge in [-0.1, -0.05) is 0 Å². The maximum absolute atomic E-state index is 11.1. The van der Waals surface area contributed by atoms with Crippen LogP contribution in [0.4, 0.5) is 0 Å². The van der Waals surface area contributed by atoms with Gasteiger partial charge in [0, 0.05) is 18.2 Å². The lowest BCUT2D eigenvalue weighted by molar-refractivity contribution is -0.145. The average molecular weight is 240 g/mol. The molecule has 0 aliphatic heterocycles. The lowest BCUT2D eigenvalue weighted by Crippen LogP contribution is -2.14. The molecule has 0 radical (unpaired) electrons. The van der Waals surface area contributed by atoms with Gasteiger partial charge in [0.25, 0.3) is 0 Å². The van der Waals surface area contributed by atoms with E-state index in [9.17, 15) is 4.79 Å². The van der Waals surface area contributed by atoms with Crippen molar-refractivity contribution in [1.29, 1.82) is 0 Å². The number of carbonyl (C=O) groups is 1. The van der Waals surface area contributed by atoms with Gasteiger partial charge >= 0.3 is 5.97 Å². The second-order valence-corrected chi connectivity index (χ2v) is 3.14. The van der Waals surface area contributed by atoms with Crippen molar-refractivity contribution in [2.45, 2.75) is 6.92 Å². The van der Waals surface area contributed by atoms with E-state index in [2.05, 4.69) is 0 Å². The van der Waals surface area contributed by atoms with Gasteiger partial charge < -0.3 is 18.9 Å². The van der Waals surface area contributed by atoms with E-state index in [1.807, 2.05) is 0 Å². The Hall–Kier alpha value is -1.91. The molecule has 0 bridgehead atoms.